The minimum Gasteiger partial charge on any atom is -0.484 e. The minimum atomic E-state index is -5.07. The Labute approximate surface area is 210 Å². The summed E-state index contributed by atoms with van der Waals surface area (Å²) in [7, 11) is 0. The van der Waals surface area contributed by atoms with Crippen LogP contribution in [0.3, 0.4) is 0 Å². The number of aryl methyl sites for hydroxylation is 1. The first-order valence-corrected chi connectivity index (χ1v) is 10.8. The number of hydrogen-bond acceptors (Lipinski definition) is 5. The molecule has 0 spiro atoms. The zero-order valence-corrected chi connectivity index (χ0v) is 19.4. The van der Waals surface area contributed by atoms with Gasteiger partial charge < -0.3 is 19.2 Å². The van der Waals surface area contributed by atoms with Crippen molar-refractivity contribution in [1.82, 2.24) is 0 Å². The zero-order valence-electron chi connectivity index (χ0n) is 19.4. The lowest BCUT2D eigenvalue weighted by atomic mass is 10.2. The number of nitrogens with one attached hydrogen (secondary N) is 1. The third-order valence-electron chi connectivity index (χ3n) is 5.16. The van der Waals surface area contributed by atoms with Gasteiger partial charge in [0.1, 0.15) is 17.1 Å². The molecule has 4 aromatic rings. The van der Waals surface area contributed by atoms with Crippen LogP contribution in [0.15, 0.2) is 75.9 Å². The highest BCUT2D eigenvalue weighted by molar-refractivity contribution is 5.92. The van der Waals surface area contributed by atoms with E-state index < -0.39 is 53.0 Å². The standard InChI is InChI=1S/C26H17F6NO5/c1-14-5-7-17(8-6-14)37-23-22(35)19-10-9-18(12-20(19)38-24(23)26(30,31)32)36-13-21(34)33-16-4-2-3-15(11-16)25(27,28)29/h2-12H,13H2,1H3,(H,33,34). The van der Waals surface area contributed by atoms with Crippen LogP contribution in [0.25, 0.3) is 11.0 Å². The largest absolute Gasteiger partial charge is 0.484 e. The number of carbonyl (C=O) groups is 1. The minimum absolute atomic E-state index is 0.000476. The smallest absolute Gasteiger partial charge is 0.453 e. The van der Waals surface area contributed by atoms with Crippen LogP contribution in [0.5, 0.6) is 17.2 Å². The number of fused-ring (bicyclic) bond motifs is 1. The number of amides is 1. The second-order valence-electron chi connectivity index (χ2n) is 8.08. The molecule has 0 saturated carbocycles. The number of carbonyl (C=O) groups excluding carboxylic acids is 1. The van der Waals surface area contributed by atoms with Crippen molar-refractivity contribution in [3.05, 3.63) is 93.8 Å². The number of ether oxygens (including phenoxy) is 2. The van der Waals surface area contributed by atoms with Gasteiger partial charge in [-0.3, -0.25) is 9.59 Å². The Morgan fingerprint density at radius 1 is 0.895 bits per heavy atom. The molecule has 0 fully saturated rings. The van der Waals surface area contributed by atoms with E-state index in [2.05, 4.69) is 5.32 Å². The topological polar surface area (TPSA) is 77.8 Å². The van der Waals surface area contributed by atoms with E-state index in [1.165, 1.54) is 24.3 Å². The lowest BCUT2D eigenvalue weighted by Crippen LogP contribution is -2.20. The summed E-state index contributed by atoms with van der Waals surface area (Å²) in [6.45, 7) is 1.08. The number of hydrogen-bond donors (Lipinski definition) is 1. The summed E-state index contributed by atoms with van der Waals surface area (Å²) in [5.74, 6) is -3.65. The molecule has 0 atom stereocenters. The molecule has 1 heterocycles. The molecule has 0 aliphatic heterocycles. The van der Waals surface area contributed by atoms with Crippen molar-refractivity contribution in [3.63, 3.8) is 0 Å². The number of alkyl halides is 6. The Morgan fingerprint density at radius 3 is 2.24 bits per heavy atom. The molecule has 1 aromatic heterocycles. The zero-order chi connectivity index (χ0) is 27.7. The number of benzene rings is 3. The maximum atomic E-state index is 13.7. The van der Waals surface area contributed by atoms with Crippen LogP contribution < -0.4 is 20.2 Å². The first kappa shape index (κ1) is 26.6. The van der Waals surface area contributed by atoms with Crippen LogP contribution in [0.4, 0.5) is 32.0 Å². The normalized spacial score (nSPS) is 11.9. The lowest BCUT2D eigenvalue weighted by molar-refractivity contribution is -0.154. The van der Waals surface area contributed by atoms with Gasteiger partial charge in [0.05, 0.1) is 10.9 Å². The van der Waals surface area contributed by atoms with Gasteiger partial charge in [-0.2, -0.15) is 26.3 Å². The average Bonchev–Trinajstić information content (AvgIpc) is 2.84. The van der Waals surface area contributed by atoms with E-state index >= 15 is 0 Å². The van der Waals surface area contributed by atoms with Gasteiger partial charge in [-0.05, 0) is 49.4 Å². The van der Waals surface area contributed by atoms with Crippen LogP contribution in [0, 0.1) is 6.92 Å². The van der Waals surface area contributed by atoms with Crippen LogP contribution in [0.1, 0.15) is 16.9 Å². The second-order valence-corrected chi connectivity index (χ2v) is 8.08. The Morgan fingerprint density at radius 2 is 1.58 bits per heavy atom. The first-order valence-electron chi connectivity index (χ1n) is 10.8. The average molecular weight is 537 g/mol. The van der Waals surface area contributed by atoms with Crippen molar-refractivity contribution in [2.45, 2.75) is 19.3 Å². The first-order chi connectivity index (χ1) is 17.8. The fourth-order valence-electron chi connectivity index (χ4n) is 3.37. The highest BCUT2D eigenvalue weighted by Gasteiger charge is 2.40. The van der Waals surface area contributed by atoms with E-state index in [0.717, 1.165) is 35.9 Å². The van der Waals surface area contributed by atoms with Gasteiger partial charge in [0.15, 0.2) is 6.61 Å². The summed E-state index contributed by atoms with van der Waals surface area (Å²) in [5, 5.41) is 2.00. The summed E-state index contributed by atoms with van der Waals surface area (Å²) in [5.41, 5.74) is -1.82. The molecule has 4 rings (SSSR count). The van der Waals surface area contributed by atoms with Crippen molar-refractivity contribution >= 4 is 22.6 Å². The fourth-order valence-corrected chi connectivity index (χ4v) is 3.37. The molecule has 3 aromatic carbocycles. The molecular formula is C26H17F6NO5. The molecule has 0 radical (unpaired) electrons. The van der Waals surface area contributed by atoms with Crippen molar-refractivity contribution in [1.29, 1.82) is 0 Å². The van der Waals surface area contributed by atoms with Gasteiger partial charge in [0, 0.05) is 11.8 Å². The summed E-state index contributed by atoms with van der Waals surface area (Å²) in [6.07, 6.45) is -9.68. The maximum absolute atomic E-state index is 13.7. The quantitative estimate of drug-likeness (QED) is 0.270. The summed E-state index contributed by atoms with van der Waals surface area (Å²) in [4.78, 5) is 25.0. The van der Waals surface area contributed by atoms with Crippen LogP contribution in [-0.4, -0.2) is 12.5 Å². The Hall–Kier alpha value is -4.48. The molecular weight excluding hydrogens is 520 g/mol. The van der Waals surface area contributed by atoms with Crippen LogP contribution in [0.2, 0.25) is 0 Å². The number of rotatable bonds is 6. The highest BCUT2D eigenvalue weighted by atomic mass is 19.4. The number of anilines is 1. The fraction of sp³-hybridized carbons (Fsp3) is 0.154. The summed E-state index contributed by atoms with van der Waals surface area (Å²) in [6, 6.07) is 13.3. The van der Waals surface area contributed by atoms with Gasteiger partial charge in [-0.15, -0.1) is 0 Å². The van der Waals surface area contributed by atoms with E-state index in [0.29, 0.717) is 0 Å². The van der Waals surface area contributed by atoms with Gasteiger partial charge in [0.25, 0.3) is 11.7 Å². The predicted molar refractivity (Wildman–Crippen MR) is 124 cm³/mol. The molecule has 198 valence electrons. The van der Waals surface area contributed by atoms with E-state index in [9.17, 15) is 35.9 Å². The molecule has 38 heavy (non-hydrogen) atoms. The molecule has 6 nitrogen and oxygen atoms in total. The Balaban J connectivity index is 1.56. The van der Waals surface area contributed by atoms with E-state index in [4.69, 9.17) is 13.9 Å². The van der Waals surface area contributed by atoms with Crippen LogP contribution in [-0.2, 0) is 17.1 Å². The van der Waals surface area contributed by atoms with Crippen molar-refractivity contribution in [2.24, 2.45) is 0 Å². The maximum Gasteiger partial charge on any atom is 0.453 e. The van der Waals surface area contributed by atoms with Gasteiger partial charge in [-0.1, -0.05) is 23.8 Å². The molecule has 1 amide bonds. The van der Waals surface area contributed by atoms with Gasteiger partial charge in [-0.25, -0.2) is 0 Å². The lowest BCUT2D eigenvalue weighted by Gasteiger charge is -2.14. The third-order valence-corrected chi connectivity index (χ3v) is 5.16. The van der Waals surface area contributed by atoms with Gasteiger partial charge in [0.2, 0.25) is 11.2 Å². The SMILES string of the molecule is Cc1ccc(Oc2c(C(F)(F)F)oc3cc(OCC(=O)Nc4cccc(C(F)(F)F)c4)ccc3c2=O)cc1. The van der Waals surface area contributed by atoms with Crippen molar-refractivity contribution in [3.8, 4) is 17.2 Å². The Kier molecular flexibility index (Phi) is 7.07. The van der Waals surface area contributed by atoms with Crippen molar-refractivity contribution in [2.75, 3.05) is 11.9 Å². The van der Waals surface area contributed by atoms with E-state index in [1.54, 1.807) is 19.1 Å². The molecule has 0 bridgehead atoms. The predicted octanol–water partition coefficient (Wildman–Crippen LogP) is 6.95. The van der Waals surface area contributed by atoms with E-state index in [-0.39, 0.29) is 22.6 Å². The monoisotopic (exact) mass is 537 g/mol. The molecule has 0 unspecified atom stereocenters. The van der Waals surface area contributed by atoms with E-state index in [1.807, 2.05) is 0 Å². The molecule has 12 heteroatoms. The van der Waals surface area contributed by atoms with Crippen LogP contribution >= 0.6 is 0 Å². The summed E-state index contributed by atoms with van der Waals surface area (Å²) < 4.78 is 95.1. The molecule has 1 N–H and O–H groups in total. The van der Waals surface area contributed by atoms with Crippen molar-refractivity contribution < 1.29 is 45.0 Å². The third kappa shape index (κ3) is 6.07. The summed E-state index contributed by atoms with van der Waals surface area (Å²) >= 11 is 0. The second kappa shape index (κ2) is 10.1. The van der Waals surface area contributed by atoms with Gasteiger partial charge >= 0.3 is 12.4 Å². The highest BCUT2D eigenvalue weighted by Crippen LogP contribution is 2.38. The Bertz CT molecular complexity index is 1540. The molecule has 0 aliphatic carbocycles. The number of halogens is 6. The molecule has 0 aliphatic rings. The molecule has 0 saturated heterocycles.